The third-order valence-corrected chi connectivity index (χ3v) is 2.13. The van der Waals surface area contributed by atoms with Crippen molar-refractivity contribution >= 4 is 17.9 Å². The van der Waals surface area contributed by atoms with Crippen LogP contribution in [0.4, 0.5) is 0 Å². The fourth-order valence-corrected chi connectivity index (χ4v) is 1.69. The summed E-state index contributed by atoms with van der Waals surface area (Å²) in [5, 5.41) is 0.641. The Kier molecular flexibility index (Phi) is 3.96. The first-order chi connectivity index (χ1) is 6.69. The lowest BCUT2D eigenvalue weighted by Crippen LogP contribution is -1.99. The summed E-state index contributed by atoms with van der Waals surface area (Å²) in [7, 11) is 0. The first-order valence-corrected chi connectivity index (χ1v) is 4.92. The van der Waals surface area contributed by atoms with Crippen molar-refractivity contribution in [3.05, 3.63) is 28.3 Å². The van der Waals surface area contributed by atoms with Crippen molar-refractivity contribution in [3.8, 4) is 5.75 Å². The monoisotopic (exact) mass is 212 g/mol. The molecule has 14 heavy (non-hydrogen) atoms. The molecule has 0 unspecified atom stereocenters. The number of aryl methyl sites for hydroxylation is 1. The number of hydrogen-bond acceptors (Lipinski definition) is 2. The maximum absolute atomic E-state index is 10.5. The van der Waals surface area contributed by atoms with E-state index in [1.807, 2.05) is 19.9 Å². The van der Waals surface area contributed by atoms with E-state index < -0.39 is 0 Å². The van der Waals surface area contributed by atoms with Crippen LogP contribution in [0.25, 0.3) is 0 Å². The molecule has 76 valence electrons. The molecule has 0 amide bonds. The van der Waals surface area contributed by atoms with Crippen LogP contribution in [-0.2, 0) is 11.2 Å². The van der Waals surface area contributed by atoms with Crippen LogP contribution in [0.1, 0.15) is 18.1 Å². The molecule has 2 nitrogen and oxygen atoms in total. The lowest BCUT2D eigenvalue weighted by Gasteiger charge is -2.11. The van der Waals surface area contributed by atoms with Gasteiger partial charge in [-0.25, -0.2) is 0 Å². The average Bonchev–Trinajstić information content (AvgIpc) is 2.11. The molecule has 0 radical (unpaired) electrons. The molecule has 0 fully saturated rings. The van der Waals surface area contributed by atoms with E-state index in [9.17, 15) is 4.79 Å². The number of ether oxygens (including phenoxy) is 1. The number of carbonyl (C=O) groups is 1. The Morgan fingerprint density at radius 1 is 1.50 bits per heavy atom. The van der Waals surface area contributed by atoms with Gasteiger partial charge in [0.25, 0.3) is 0 Å². The Morgan fingerprint density at radius 2 is 2.21 bits per heavy atom. The summed E-state index contributed by atoms with van der Waals surface area (Å²) in [6.07, 6.45) is 1.20. The molecule has 0 bridgehead atoms. The predicted octanol–water partition coefficient (Wildman–Crippen LogP) is 2.79. The van der Waals surface area contributed by atoms with Crippen LogP contribution in [0, 0.1) is 6.92 Å². The molecule has 0 spiro atoms. The number of aldehydes is 1. The van der Waals surface area contributed by atoms with Crippen molar-refractivity contribution in [3.63, 3.8) is 0 Å². The van der Waals surface area contributed by atoms with Crippen molar-refractivity contribution < 1.29 is 9.53 Å². The van der Waals surface area contributed by atoms with Crippen molar-refractivity contribution in [1.29, 1.82) is 0 Å². The van der Waals surface area contributed by atoms with E-state index in [0.29, 0.717) is 18.1 Å². The van der Waals surface area contributed by atoms with E-state index in [4.69, 9.17) is 16.3 Å². The molecule has 0 aromatic heterocycles. The summed E-state index contributed by atoms with van der Waals surface area (Å²) in [5.41, 5.74) is 1.82. The zero-order valence-corrected chi connectivity index (χ0v) is 9.10. The highest BCUT2D eigenvalue weighted by Gasteiger charge is 2.07. The maximum Gasteiger partial charge on any atom is 0.125 e. The summed E-state index contributed by atoms with van der Waals surface area (Å²) in [6, 6.07) is 3.61. The number of carbonyl (C=O) groups excluding carboxylic acids is 1. The van der Waals surface area contributed by atoms with E-state index in [1.165, 1.54) is 0 Å². The van der Waals surface area contributed by atoms with Gasteiger partial charge in [0.15, 0.2) is 0 Å². The van der Waals surface area contributed by atoms with E-state index in [2.05, 4.69) is 0 Å². The van der Waals surface area contributed by atoms with Gasteiger partial charge >= 0.3 is 0 Å². The van der Waals surface area contributed by atoms with Crippen LogP contribution in [0.3, 0.4) is 0 Å². The minimum atomic E-state index is 0.344. The average molecular weight is 213 g/mol. The van der Waals surface area contributed by atoms with Gasteiger partial charge in [0, 0.05) is 17.0 Å². The molecule has 0 aliphatic rings. The molecule has 3 heteroatoms. The molecular formula is C11H13ClO2. The lowest BCUT2D eigenvalue weighted by molar-refractivity contribution is -0.107. The van der Waals surface area contributed by atoms with E-state index >= 15 is 0 Å². The summed E-state index contributed by atoms with van der Waals surface area (Å²) in [6.45, 7) is 4.43. The largest absolute Gasteiger partial charge is 0.493 e. The molecule has 0 saturated carbocycles. The number of hydrogen-bond donors (Lipinski definition) is 0. The molecule has 1 rings (SSSR count). The molecule has 0 aliphatic carbocycles. The topological polar surface area (TPSA) is 26.3 Å². The second kappa shape index (κ2) is 5.01. The van der Waals surface area contributed by atoms with Gasteiger partial charge < -0.3 is 9.53 Å². The fraction of sp³-hybridized carbons (Fsp3) is 0.364. The summed E-state index contributed by atoms with van der Waals surface area (Å²) >= 11 is 5.89. The third kappa shape index (κ3) is 2.48. The Hall–Kier alpha value is -1.02. The van der Waals surface area contributed by atoms with Gasteiger partial charge in [0.2, 0.25) is 0 Å². The molecule has 0 saturated heterocycles. The Morgan fingerprint density at radius 3 is 2.79 bits per heavy atom. The fourth-order valence-electron chi connectivity index (χ4n) is 1.39. The second-order valence-corrected chi connectivity index (χ2v) is 3.45. The smallest absolute Gasteiger partial charge is 0.125 e. The summed E-state index contributed by atoms with van der Waals surface area (Å²) in [4.78, 5) is 10.5. The lowest BCUT2D eigenvalue weighted by atomic mass is 10.1. The third-order valence-electron chi connectivity index (χ3n) is 1.91. The first kappa shape index (κ1) is 11.1. The second-order valence-electron chi connectivity index (χ2n) is 3.01. The van der Waals surface area contributed by atoms with Crippen molar-refractivity contribution in [2.45, 2.75) is 20.3 Å². The Balaban J connectivity index is 3.13. The first-order valence-electron chi connectivity index (χ1n) is 4.54. The molecule has 1 aromatic rings. The molecule has 0 N–H and O–H groups in total. The van der Waals surface area contributed by atoms with Crippen LogP contribution < -0.4 is 4.74 Å². The van der Waals surface area contributed by atoms with Gasteiger partial charge in [-0.3, -0.25) is 0 Å². The predicted molar refractivity (Wildman–Crippen MR) is 57.1 cm³/mol. The maximum atomic E-state index is 10.5. The highest BCUT2D eigenvalue weighted by molar-refractivity contribution is 6.30. The summed E-state index contributed by atoms with van der Waals surface area (Å²) < 4.78 is 5.46. The quantitative estimate of drug-likeness (QED) is 0.718. The minimum Gasteiger partial charge on any atom is -0.493 e. The van der Waals surface area contributed by atoms with Crippen molar-refractivity contribution in [2.24, 2.45) is 0 Å². The summed E-state index contributed by atoms with van der Waals surface area (Å²) in [5.74, 6) is 0.781. The van der Waals surface area contributed by atoms with Gasteiger partial charge in [-0.05, 0) is 31.5 Å². The molecule has 0 aliphatic heterocycles. The zero-order chi connectivity index (χ0) is 10.6. The van der Waals surface area contributed by atoms with Crippen molar-refractivity contribution in [1.82, 2.24) is 0 Å². The van der Waals surface area contributed by atoms with Gasteiger partial charge in [-0.1, -0.05) is 11.6 Å². The Labute approximate surface area is 88.8 Å². The highest BCUT2D eigenvalue weighted by atomic mass is 35.5. The molecule has 1 aromatic carbocycles. The standard InChI is InChI=1S/C11H13ClO2/c1-3-14-11-8(2)6-10(12)7-9(11)4-5-13/h5-7H,3-4H2,1-2H3. The van der Waals surface area contributed by atoms with E-state index in [1.54, 1.807) is 6.07 Å². The van der Waals surface area contributed by atoms with E-state index in [0.717, 1.165) is 23.2 Å². The highest BCUT2D eigenvalue weighted by Crippen LogP contribution is 2.27. The molecule has 0 atom stereocenters. The minimum absolute atomic E-state index is 0.344. The van der Waals surface area contributed by atoms with E-state index in [-0.39, 0.29) is 0 Å². The van der Waals surface area contributed by atoms with Gasteiger partial charge in [0.1, 0.15) is 12.0 Å². The molecular weight excluding hydrogens is 200 g/mol. The van der Waals surface area contributed by atoms with Gasteiger partial charge in [-0.2, -0.15) is 0 Å². The Bertz CT molecular complexity index is 334. The van der Waals surface area contributed by atoms with Crippen LogP contribution >= 0.6 is 11.6 Å². The number of halogens is 1. The van der Waals surface area contributed by atoms with Crippen molar-refractivity contribution in [2.75, 3.05) is 6.61 Å². The van der Waals surface area contributed by atoms with Crippen LogP contribution in [0.5, 0.6) is 5.75 Å². The number of rotatable bonds is 4. The number of benzene rings is 1. The molecule has 0 heterocycles. The van der Waals surface area contributed by atoms with Gasteiger partial charge in [-0.15, -0.1) is 0 Å². The van der Waals surface area contributed by atoms with Crippen LogP contribution in [0.15, 0.2) is 12.1 Å². The SMILES string of the molecule is CCOc1c(C)cc(Cl)cc1CC=O. The van der Waals surface area contributed by atoms with Crippen LogP contribution in [-0.4, -0.2) is 12.9 Å². The zero-order valence-electron chi connectivity index (χ0n) is 8.34. The van der Waals surface area contributed by atoms with Crippen LogP contribution in [0.2, 0.25) is 5.02 Å². The normalized spacial score (nSPS) is 9.93. The van der Waals surface area contributed by atoms with Gasteiger partial charge in [0.05, 0.1) is 6.61 Å².